The van der Waals surface area contributed by atoms with Crippen LogP contribution < -0.4 is 10.6 Å². The number of aromatic nitrogens is 3. The van der Waals surface area contributed by atoms with Gasteiger partial charge in [0.05, 0.1) is 11.6 Å². The minimum atomic E-state index is -0.979. The standard InChI is InChI=1S/C13H15N5O3/c1-8(11-15-7-16-18-11)17-13(21)14-6-9-2-4-10(5-3-9)12(19)20/h2-5,7-8H,6H2,1H3,(H,19,20)(H2,14,17,21)(H,15,16,18). The van der Waals surface area contributed by atoms with Crippen molar-refractivity contribution in [1.29, 1.82) is 0 Å². The maximum atomic E-state index is 11.7. The van der Waals surface area contributed by atoms with Crippen molar-refractivity contribution >= 4 is 12.0 Å². The highest BCUT2D eigenvalue weighted by atomic mass is 16.4. The van der Waals surface area contributed by atoms with E-state index in [4.69, 9.17) is 5.11 Å². The maximum absolute atomic E-state index is 11.7. The number of rotatable bonds is 5. The number of carboxylic acid groups (broad SMARTS) is 1. The van der Waals surface area contributed by atoms with Crippen molar-refractivity contribution in [3.8, 4) is 0 Å². The van der Waals surface area contributed by atoms with Crippen molar-refractivity contribution in [2.75, 3.05) is 0 Å². The molecule has 1 atom stereocenters. The minimum absolute atomic E-state index is 0.210. The number of nitrogens with zero attached hydrogens (tertiary/aromatic N) is 2. The third kappa shape index (κ3) is 4.03. The van der Waals surface area contributed by atoms with Crippen molar-refractivity contribution in [2.24, 2.45) is 0 Å². The summed E-state index contributed by atoms with van der Waals surface area (Å²) in [5, 5.41) is 20.6. The van der Waals surface area contributed by atoms with E-state index in [1.54, 1.807) is 19.1 Å². The van der Waals surface area contributed by atoms with E-state index in [2.05, 4.69) is 25.8 Å². The molecule has 0 aliphatic rings. The number of H-pyrrole nitrogens is 1. The van der Waals surface area contributed by atoms with Crippen LogP contribution >= 0.6 is 0 Å². The molecular formula is C13H15N5O3. The molecular weight excluding hydrogens is 274 g/mol. The van der Waals surface area contributed by atoms with Crippen molar-refractivity contribution in [1.82, 2.24) is 25.8 Å². The largest absolute Gasteiger partial charge is 0.478 e. The highest BCUT2D eigenvalue weighted by Gasteiger charge is 2.11. The van der Waals surface area contributed by atoms with Gasteiger partial charge in [-0.25, -0.2) is 14.6 Å². The molecule has 0 aliphatic carbocycles. The summed E-state index contributed by atoms with van der Waals surface area (Å²) in [6.45, 7) is 2.08. The Balaban J connectivity index is 1.82. The zero-order chi connectivity index (χ0) is 15.2. The zero-order valence-electron chi connectivity index (χ0n) is 11.3. The fourth-order valence-electron chi connectivity index (χ4n) is 1.69. The van der Waals surface area contributed by atoms with Gasteiger partial charge in [-0.1, -0.05) is 12.1 Å². The molecule has 8 nitrogen and oxygen atoms in total. The molecule has 21 heavy (non-hydrogen) atoms. The van der Waals surface area contributed by atoms with Gasteiger partial charge in [0, 0.05) is 6.54 Å². The monoisotopic (exact) mass is 289 g/mol. The quantitative estimate of drug-likeness (QED) is 0.656. The maximum Gasteiger partial charge on any atom is 0.335 e. The molecule has 1 unspecified atom stereocenters. The van der Waals surface area contributed by atoms with E-state index in [0.717, 1.165) is 5.56 Å². The van der Waals surface area contributed by atoms with Gasteiger partial charge in [-0.15, -0.1) is 0 Å². The van der Waals surface area contributed by atoms with Gasteiger partial charge in [-0.3, -0.25) is 5.10 Å². The summed E-state index contributed by atoms with van der Waals surface area (Å²) in [6.07, 6.45) is 1.37. The summed E-state index contributed by atoms with van der Waals surface area (Å²) >= 11 is 0. The second-order valence-electron chi connectivity index (χ2n) is 4.42. The number of carbonyl (C=O) groups excluding carboxylic acids is 1. The lowest BCUT2D eigenvalue weighted by Gasteiger charge is -2.12. The summed E-state index contributed by atoms with van der Waals surface area (Å²) in [7, 11) is 0. The summed E-state index contributed by atoms with van der Waals surface area (Å²) < 4.78 is 0. The Morgan fingerprint density at radius 3 is 2.62 bits per heavy atom. The lowest BCUT2D eigenvalue weighted by Crippen LogP contribution is -2.37. The number of benzene rings is 1. The van der Waals surface area contributed by atoms with Gasteiger partial charge < -0.3 is 15.7 Å². The van der Waals surface area contributed by atoms with Gasteiger partial charge in [0.2, 0.25) is 0 Å². The van der Waals surface area contributed by atoms with Crippen LogP contribution in [0.2, 0.25) is 0 Å². The Labute approximate surface area is 120 Å². The predicted molar refractivity (Wildman–Crippen MR) is 73.6 cm³/mol. The minimum Gasteiger partial charge on any atom is -0.478 e. The Hall–Kier alpha value is -2.90. The normalized spacial score (nSPS) is 11.7. The van der Waals surface area contributed by atoms with Gasteiger partial charge in [-0.2, -0.15) is 5.10 Å². The molecule has 0 bridgehead atoms. The first-order valence-electron chi connectivity index (χ1n) is 6.28. The molecule has 0 saturated heterocycles. The molecule has 2 rings (SSSR count). The SMILES string of the molecule is CC(NC(=O)NCc1ccc(C(=O)O)cc1)c1ncn[nH]1. The zero-order valence-corrected chi connectivity index (χ0v) is 11.3. The van der Waals surface area contributed by atoms with E-state index in [9.17, 15) is 9.59 Å². The Morgan fingerprint density at radius 1 is 1.33 bits per heavy atom. The predicted octanol–water partition coefficient (Wildman–Crippen LogP) is 1.06. The topological polar surface area (TPSA) is 120 Å². The van der Waals surface area contributed by atoms with Crippen molar-refractivity contribution in [2.45, 2.75) is 19.5 Å². The van der Waals surface area contributed by atoms with Crippen LogP contribution in [0.3, 0.4) is 0 Å². The summed E-state index contributed by atoms with van der Waals surface area (Å²) in [6, 6.07) is 5.67. The number of aromatic amines is 1. The van der Waals surface area contributed by atoms with Gasteiger partial charge in [0.1, 0.15) is 12.2 Å². The molecule has 1 heterocycles. The molecule has 2 aromatic rings. The number of hydrogen-bond donors (Lipinski definition) is 4. The molecule has 0 spiro atoms. The number of aromatic carboxylic acids is 1. The van der Waals surface area contributed by atoms with E-state index >= 15 is 0 Å². The van der Waals surface area contributed by atoms with Gasteiger partial charge in [-0.05, 0) is 24.6 Å². The number of carbonyl (C=O) groups is 2. The van der Waals surface area contributed by atoms with E-state index in [1.165, 1.54) is 18.5 Å². The third-order valence-electron chi connectivity index (χ3n) is 2.85. The number of urea groups is 1. The average molecular weight is 289 g/mol. The van der Waals surface area contributed by atoms with Crippen LogP contribution in [0.5, 0.6) is 0 Å². The molecule has 4 N–H and O–H groups in total. The fourth-order valence-corrected chi connectivity index (χ4v) is 1.69. The van der Waals surface area contributed by atoms with E-state index in [1.807, 2.05) is 0 Å². The second kappa shape index (κ2) is 6.51. The molecule has 1 aromatic carbocycles. The first-order chi connectivity index (χ1) is 10.1. The average Bonchev–Trinajstić information content (AvgIpc) is 3.00. The van der Waals surface area contributed by atoms with Crippen LogP contribution in [0.1, 0.15) is 34.7 Å². The van der Waals surface area contributed by atoms with Crippen LogP contribution in [0, 0.1) is 0 Å². The molecule has 0 fully saturated rings. The number of nitrogens with one attached hydrogen (secondary N) is 3. The molecule has 1 aromatic heterocycles. The third-order valence-corrected chi connectivity index (χ3v) is 2.85. The van der Waals surface area contributed by atoms with Gasteiger partial charge in [0.25, 0.3) is 0 Å². The number of hydrogen-bond acceptors (Lipinski definition) is 4. The van der Waals surface area contributed by atoms with Crippen LogP contribution in [-0.2, 0) is 6.54 Å². The van der Waals surface area contributed by atoms with Gasteiger partial charge >= 0.3 is 12.0 Å². The first kappa shape index (κ1) is 14.5. The van der Waals surface area contributed by atoms with E-state index in [0.29, 0.717) is 12.4 Å². The molecule has 2 amide bonds. The van der Waals surface area contributed by atoms with Crippen LogP contribution in [0.25, 0.3) is 0 Å². The lowest BCUT2D eigenvalue weighted by atomic mass is 10.1. The smallest absolute Gasteiger partial charge is 0.335 e. The summed E-state index contributed by atoms with van der Waals surface area (Å²) in [5.41, 5.74) is 1.02. The van der Waals surface area contributed by atoms with Crippen LogP contribution in [-0.4, -0.2) is 32.3 Å². The Morgan fingerprint density at radius 2 is 2.05 bits per heavy atom. The van der Waals surface area contributed by atoms with Crippen LogP contribution in [0.4, 0.5) is 4.79 Å². The molecule has 0 aliphatic heterocycles. The fraction of sp³-hybridized carbons (Fsp3) is 0.231. The molecule has 110 valence electrons. The van der Waals surface area contributed by atoms with Crippen LogP contribution in [0.15, 0.2) is 30.6 Å². The molecule has 0 saturated carbocycles. The lowest BCUT2D eigenvalue weighted by molar-refractivity contribution is 0.0697. The highest BCUT2D eigenvalue weighted by Crippen LogP contribution is 2.05. The molecule has 8 heteroatoms. The molecule has 0 radical (unpaired) electrons. The summed E-state index contributed by atoms with van der Waals surface area (Å²) in [4.78, 5) is 26.4. The summed E-state index contributed by atoms with van der Waals surface area (Å²) in [5.74, 6) is -0.413. The Kier molecular flexibility index (Phi) is 4.50. The van der Waals surface area contributed by atoms with E-state index in [-0.39, 0.29) is 17.6 Å². The highest BCUT2D eigenvalue weighted by molar-refractivity contribution is 5.87. The Bertz CT molecular complexity index is 609. The van der Waals surface area contributed by atoms with Crippen molar-refractivity contribution in [3.05, 3.63) is 47.5 Å². The van der Waals surface area contributed by atoms with E-state index < -0.39 is 5.97 Å². The van der Waals surface area contributed by atoms with Gasteiger partial charge in [0.15, 0.2) is 0 Å². The first-order valence-corrected chi connectivity index (χ1v) is 6.28. The number of carboxylic acids is 1. The van der Waals surface area contributed by atoms with Crippen molar-refractivity contribution < 1.29 is 14.7 Å². The van der Waals surface area contributed by atoms with Crippen molar-refractivity contribution in [3.63, 3.8) is 0 Å². The second-order valence-corrected chi connectivity index (χ2v) is 4.42. The number of amides is 2.